The summed E-state index contributed by atoms with van der Waals surface area (Å²) in [6, 6.07) is 24.9. The van der Waals surface area contributed by atoms with Gasteiger partial charge in [-0.1, -0.05) is 102 Å². The van der Waals surface area contributed by atoms with E-state index in [4.69, 9.17) is 6.85 Å². The van der Waals surface area contributed by atoms with Crippen molar-refractivity contribution in [2.75, 3.05) is 0 Å². The van der Waals surface area contributed by atoms with E-state index in [0.29, 0.717) is 23.3 Å². The zero-order valence-corrected chi connectivity index (χ0v) is 17.9. The standard InChI is InChI=1S/C30H19BS/c1-2-7-18(8-3-1)21-13-14-23-27(17-21)32-30-24-12-6-11-22-25-15-19-9-4-5-10-20(19)16-26(25)31(28(22)24)29(23)30/h1-17,29-30H/i1D,2D,3D,7D,8D. The molecule has 3 aliphatic heterocycles. The van der Waals surface area contributed by atoms with Crippen LogP contribution in [0, 0.1) is 0 Å². The van der Waals surface area contributed by atoms with Gasteiger partial charge in [-0.3, -0.25) is 0 Å². The van der Waals surface area contributed by atoms with Gasteiger partial charge in [0.15, 0.2) is 0 Å². The SMILES string of the molecule is [2H]c1c([2H])c([2H])c(-c2ccc3c(c2)SC2c4cccc5c4B(c4cc6ccccc6cc4-5)C32)c([2H])c1[2H]. The monoisotopic (exact) mass is 427 g/mol. The van der Waals surface area contributed by atoms with Gasteiger partial charge >= 0.3 is 0 Å². The Labute approximate surface area is 199 Å². The predicted octanol–water partition coefficient (Wildman–Crippen LogP) is 6.58. The second-order valence-electron chi connectivity index (χ2n) is 8.89. The molecule has 3 aliphatic rings. The van der Waals surface area contributed by atoms with E-state index in [9.17, 15) is 0 Å². The smallest absolute Gasteiger partial charge is 0.118 e. The maximum atomic E-state index is 8.43. The maximum absolute atomic E-state index is 8.43. The van der Waals surface area contributed by atoms with Gasteiger partial charge in [-0.2, -0.15) is 0 Å². The molecule has 0 bridgehead atoms. The van der Waals surface area contributed by atoms with E-state index in [1.54, 1.807) is 0 Å². The van der Waals surface area contributed by atoms with Crippen LogP contribution in [0.4, 0.5) is 0 Å². The molecule has 0 nitrogen and oxygen atoms in total. The summed E-state index contributed by atoms with van der Waals surface area (Å²) in [7, 11) is 0. The van der Waals surface area contributed by atoms with Gasteiger partial charge in [0.25, 0.3) is 0 Å². The first-order valence-corrected chi connectivity index (χ1v) is 11.9. The first kappa shape index (κ1) is 13.4. The summed E-state index contributed by atoms with van der Waals surface area (Å²) in [6.07, 6.45) is 0. The van der Waals surface area contributed by atoms with Crippen LogP contribution in [-0.2, 0) is 0 Å². The highest BCUT2D eigenvalue weighted by atomic mass is 32.2. The Hall–Kier alpha value is -3.23. The van der Waals surface area contributed by atoms with Crippen LogP contribution < -0.4 is 10.9 Å². The molecule has 0 saturated heterocycles. The molecule has 0 radical (unpaired) electrons. The second-order valence-corrected chi connectivity index (χ2v) is 10.1. The van der Waals surface area contributed by atoms with E-state index >= 15 is 0 Å². The minimum absolute atomic E-state index is 0.152. The van der Waals surface area contributed by atoms with Gasteiger partial charge in [0.05, 0.1) is 6.85 Å². The molecule has 0 amide bonds. The fourth-order valence-electron chi connectivity index (χ4n) is 6.14. The molecule has 2 unspecified atom stereocenters. The lowest BCUT2D eigenvalue weighted by Gasteiger charge is -2.18. The third-order valence-corrected chi connectivity index (χ3v) is 8.81. The first-order chi connectivity index (χ1) is 17.9. The minimum Gasteiger partial charge on any atom is -0.118 e. The van der Waals surface area contributed by atoms with Crippen molar-refractivity contribution in [1.29, 1.82) is 0 Å². The second kappa shape index (κ2) is 6.18. The minimum atomic E-state index is -0.358. The summed E-state index contributed by atoms with van der Waals surface area (Å²) in [5.41, 5.74) is 9.20. The lowest BCUT2D eigenvalue weighted by molar-refractivity contribution is 0.923. The number of hydrogen-bond donors (Lipinski definition) is 0. The lowest BCUT2D eigenvalue weighted by Crippen LogP contribution is -2.40. The van der Waals surface area contributed by atoms with Gasteiger partial charge in [-0.25, -0.2) is 0 Å². The molecule has 0 saturated carbocycles. The molecule has 5 aromatic rings. The molecule has 0 aromatic heterocycles. The van der Waals surface area contributed by atoms with Gasteiger partial charge in [0.2, 0.25) is 6.71 Å². The van der Waals surface area contributed by atoms with Crippen LogP contribution in [-0.4, -0.2) is 6.71 Å². The number of benzene rings is 5. The Kier molecular flexibility index (Phi) is 2.58. The molecule has 3 heterocycles. The molecule has 5 aromatic carbocycles. The highest BCUT2D eigenvalue weighted by Crippen LogP contribution is 2.60. The van der Waals surface area contributed by atoms with E-state index in [-0.39, 0.29) is 35.8 Å². The van der Waals surface area contributed by atoms with Gasteiger partial charge in [0, 0.05) is 10.1 Å². The van der Waals surface area contributed by atoms with Crippen molar-refractivity contribution < 1.29 is 6.85 Å². The molecule has 0 N–H and O–H groups in total. The quantitative estimate of drug-likeness (QED) is 0.272. The Morgan fingerprint density at radius 1 is 0.719 bits per heavy atom. The van der Waals surface area contributed by atoms with Crippen LogP contribution >= 0.6 is 11.8 Å². The summed E-state index contributed by atoms with van der Waals surface area (Å²) in [4.78, 5) is 1.14. The number of fused-ring (bicyclic) bond motifs is 9. The topological polar surface area (TPSA) is 0 Å². The van der Waals surface area contributed by atoms with E-state index in [0.717, 1.165) is 4.90 Å². The van der Waals surface area contributed by atoms with E-state index in [1.807, 2.05) is 23.9 Å². The fraction of sp³-hybridized carbons (Fsp3) is 0.0667. The number of thioether (sulfide) groups is 1. The molecule has 2 heteroatoms. The fourth-order valence-corrected chi connectivity index (χ4v) is 7.73. The molecule has 148 valence electrons. The molecule has 0 aliphatic carbocycles. The van der Waals surface area contributed by atoms with Crippen LogP contribution in [0.15, 0.2) is 108 Å². The summed E-state index contributed by atoms with van der Waals surface area (Å²) in [6.45, 7) is 0.302. The van der Waals surface area contributed by atoms with Crippen molar-refractivity contribution in [3.8, 4) is 22.3 Å². The molecule has 32 heavy (non-hydrogen) atoms. The van der Waals surface area contributed by atoms with Gasteiger partial charge < -0.3 is 0 Å². The van der Waals surface area contributed by atoms with Gasteiger partial charge in [0.1, 0.15) is 0 Å². The first-order valence-electron chi connectivity index (χ1n) is 13.5. The Morgan fingerprint density at radius 3 is 2.44 bits per heavy atom. The Morgan fingerprint density at radius 2 is 1.56 bits per heavy atom. The highest BCUT2D eigenvalue weighted by molar-refractivity contribution is 8.00. The van der Waals surface area contributed by atoms with Crippen LogP contribution in [0.1, 0.15) is 29.0 Å². The van der Waals surface area contributed by atoms with E-state index in [2.05, 4.69) is 60.7 Å². The van der Waals surface area contributed by atoms with Crippen molar-refractivity contribution in [2.45, 2.75) is 16.0 Å². The van der Waals surface area contributed by atoms with E-state index in [1.165, 1.54) is 44.0 Å². The van der Waals surface area contributed by atoms with Crippen molar-refractivity contribution in [3.63, 3.8) is 0 Å². The lowest BCUT2D eigenvalue weighted by atomic mass is 9.37. The normalized spacial score (nSPS) is 21.2. The van der Waals surface area contributed by atoms with Crippen LogP contribution in [0.25, 0.3) is 33.0 Å². The highest BCUT2D eigenvalue weighted by Gasteiger charge is 2.53. The average molecular weight is 427 g/mol. The molecule has 8 rings (SSSR count). The average Bonchev–Trinajstić information content (AvgIpc) is 3.55. The third kappa shape index (κ3) is 2.16. The van der Waals surface area contributed by atoms with Crippen molar-refractivity contribution in [2.24, 2.45) is 0 Å². The van der Waals surface area contributed by atoms with Gasteiger partial charge in [-0.15, -0.1) is 11.8 Å². The molecule has 0 fully saturated rings. The molecule has 0 spiro atoms. The van der Waals surface area contributed by atoms with E-state index < -0.39 is 0 Å². The summed E-state index contributed by atoms with van der Waals surface area (Å²) >= 11 is 1.85. The Bertz CT molecular complexity index is 1820. The molecular formula is C30H19BS. The predicted molar refractivity (Wildman–Crippen MR) is 138 cm³/mol. The maximum Gasteiger partial charge on any atom is 0.220 e. The van der Waals surface area contributed by atoms with Crippen LogP contribution in [0.2, 0.25) is 0 Å². The van der Waals surface area contributed by atoms with Crippen LogP contribution in [0.5, 0.6) is 0 Å². The third-order valence-electron chi connectivity index (χ3n) is 7.40. The van der Waals surface area contributed by atoms with Gasteiger partial charge in [-0.05, 0) is 62.1 Å². The molecular weight excluding hydrogens is 403 g/mol. The Balaban J connectivity index is 1.31. The number of rotatable bonds is 1. The molecule has 2 atom stereocenters. The van der Waals surface area contributed by atoms with Crippen molar-refractivity contribution in [3.05, 3.63) is 114 Å². The number of hydrogen-bond acceptors (Lipinski definition) is 1. The summed E-state index contributed by atoms with van der Waals surface area (Å²) in [5, 5.41) is 2.84. The van der Waals surface area contributed by atoms with Crippen molar-refractivity contribution >= 4 is 40.2 Å². The van der Waals surface area contributed by atoms with Crippen molar-refractivity contribution in [1.82, 2.24) is 0 Å². The largest absolute Gasteiger partial charge is 0.220 e. The van der Waals surface area contributed by atoms with Crippen LogP contribution in [0.3, 0.4) is 0 Å². The summed E-state index contributed by atoms with van der Waals surface area (Å²) in [5.74, 6) is 0.313. The zero-order chi connectivity index (χ0) is 25.2. The zero-order valence-electron chi connectivity index (χ0n) is 22.1. The summed E-state index contributed by atoms with van der Waals surface area (Å²) < 4.78 is 41.0.